The lowest BCUT2D eigenvalue weighted by Gasteiger charge is -2.25. The van der Waals surface area contributed by atoms with Crippen LogP contribution in [0.15, 0.2) is 18.2 Å². The maximum absolute atomic E-state index is 13.8. The lowest BCUT2D eigenvalue weighted by molar-refractivity contribution is 0.174. The largest absolute Gasteiger partial charge is 0.490 e. The summed E-state index contributed by atoms with van der Waals surface area (Å²) in [7, 11) is 0. The molecular weight excluding hydrogens is 229 g/mol. The molecule has 0 aromatic heterocycles. The van der Waals surface area contributed by atoms with Crippen LogP contribution >= 0.6 is 0 Å². The van der Waals surface area contributed by atoms with Crippen molar-refractivity contribution >= 4 is 0 Å². The zero-order chi connectivity index (χ0) is 12.4. The SMILES string of the molecule is Fc1cccc(CNC2CC2)c1OCC1CCC1. The highest BCUT2D eigenvalue weighted by molar-refractivity contribution is 5.35. The van der Waals surface area contributed by atoms with E-state index in [2.05, 4.69) is 5.32 Å². The summed E-state index contributed by atoms with van der Waals surface area (Å²) in [5.74, 6) is 0.857. The van der Waals surface area contributed by atoms with Crippen molar-refractivity contribution in [1.82, 2.24) is 5.32 Å². The van der Waals surface area contributed by atoms with E-state index in [0.29, 0.717) is 30.9 Å². The van der Waals surface area contributed by atoms with Gasteiger partial charge in [-0.2, -0.15) is 0 Å². The predicted octanol–water partition coefficient (Wildman–Crippen LogP) is 3.26. The van der Waals surface area contributed by atoms with Crippen molar-refractivity contribution in [3.63, 3.8) is 0 Å². The van der Waals surface area contributed by atoms with E-state index in [-0.39, 0.29) is 5.82 Å². The lowest BCUT2D eigenvalue weighted by Crippen LogP contribution is -2.21. The monoisotopic (exact) mass is 249 g/mol. The number of benzene rings is 1. The number of halogens is 1. The van der Waals surface area contributed by atoms with E-state index in [9.17, 15) is 4.39 Å². The molecule has 2 aliphatic rings. The summed E-state index contributed by atoms with van der Waals surface area (Å²) in [5.41, 5.74) is 0.946. The molecule has 0 spiro atoms. The van der Waals surface area contributed by atoms with Crippen LogP contribution < -0.4 is 10.1 Å². The van der Waals surface area contributed by atoms with Gasteiger partial charge in [0.05, 0.1) is 6.61 Å². The second-order valence-corrected chi connectivity index (χ2v) is 5.49. The molecule has 1 aromatic rings. The van der Waals surface area contributed by atoms with Gasteiger partial charge in [0.1, 0.15) is 0 Å². The molecule has 2 aliphatic carbocycles. The smallest absolute Gasteiger partial charge is 0.165 e. The van der Waals surface area contributed by atoms with Gasteiger partial charge >= 0.3 is 0 Å². The molecule has 0 aliphatic heterocycles. The van der Waals surface area contributed by atoms with Crippen molar-refractivity contribution < 1.29 is 9.13 Å². The Morgan fingerprint density at radius 3 is 2.72 bits per heavy atom. The standard InChI is InChI=1S/C15H20FNO/c16-14-6-2-5-12(9-17-13-7-8-13)15(14)18-10-11-3-1-4-11/h2,5-6,11,13,17H,1,3-4,7-10H2. The van der Waals surface area contributed by atoms with Crippen LogP contribution in [-0.2, 0) is 6.54 Å². The van der Waals surface area contributed by atoms with E-state index in [1.807, 2.05) is 6.07 Å². The van der Waals surface area contributed by atoms with Crippen molar-refractivity contribution in [1.29, 1.82) is 0 Å². The molecule has 0 atom stereocenters. The summed E-state index contributed by atoms with van der Waals surface area (Å²) in [5, 5.41) is 3.41. The fraction of sp³-hybridized carbons (Fsp3) is 0.600. The van der Waals surface area contributed by atoms with Gasteiger partial charge in [-0.1, -0.05) is 18.6 Å². The maximum Gasteiger partial charge on any atom is 0.165 e. The number of hydrogen-bond acceptors (Lipinski definition) is 2. The average Bonchev–Trinajstić information content (AvgIpc) is 3.11. The molecule has 3 heteroatoms. The zero-order valence-electron chi connectivity index (χ0n) is 10.6. The molecule has 98 valence electrons. The van der Waals surface area contributed by atoms with Gasteiger partial charge in [0.25, 0.3) is 0 Å². The first-order valence-electron chi connectivity index (χ1n) is 6.96. The predicted molar refractivity (Wildman–Crippen MR) is 69.1 cm³/mol. The highest BCUT2D eigenvalue weighted by Crippen LogP contribution is 2.30. The number of hydrogen-bond donors (Lipinski definition) is 1. The molecule has 2 nitrogen and oxygen atoms in total. The van der Waals surface area contributed by atoms with E-state index in [1.54, 1.807) is 6.07 Å². The van der Waals surface area contributed by atoms with Gasteiger partial charge in [-0.05, 0) is 37.7 Å². The van der Waals surface area contributed by atoms with Crippen LogP contribution in [0.2, 0.25) is 0 Å². The number of ether oxygens (including phenoxy) is 1. The van der Waals surface area contributed by atoms with Crippen LogP contribution in [0.3, 0.4) is 0 Å². The average molecular weight is 249 g/mol. The Morgan fingerprint density at radius 2 is 2.06 bits per heavy atom. The van der Waals surface area contributed by atoms with Gasteiger partial charge in [0.2, 0.25) is 0 Å². The first kappa shape index (κ1) is 12.0. The summed E-state index contributed by atoms with van der Waals surface area (Å²) in [6.07, 6.45) is 6.23. The highest BCUT2D eigenvalue weighted by atomic mass is 19.1. The quantitative estimate of drug-likeness (QED) is 0.835. The molecule has 0 saturated heterocycles. The third kappa shape index (κ3) is 2.83. The molecule has 2 saturated carbocycles. The van der Waals surface area contributed by atoms with Crippen LogP contribution in [0, 0.1) is 11.7 Å². The summed E-state index contributed by atoms with van der Waals surface area (Å²) in [6.45, 7) is 1.37. The second-order valence-electron chi connectivity index (χ2n) is 5.49. The first-order valence-corrected chi connectivity index (χ1v) is 6.96. The molecule has 0 amide bonds. The van der Waals surface area contributed by atoms with Gasteiger partial charge in [-0.25, -0.2) is 4.39 Å². The van der Waals surface area contributed by atoms with Gasteiger partial charge in [0.15, 0.2) is 11.6 Å². The minimum atomic E-state index is -0.232. The number of rotatable bonds is 6. The molecule has 3 rings (SSSR count). The Kier molecular flexibility index (Phi) is 3.50. The lowest BCUT2D eigenvalue weighted by atomic mass is 9.86. The topological polar surface area (TPSA) is 21.3 Å². The maximum atomic E-state index is 13.8. The molecule has 18 heavy (non-hydrogen) atoms. The van der Waals surface area contributed by atoms with Gasteiger partial charge in [-0.15, -0.1) is 0 Å². The van der Waals surface area contributed by atoms with Crippen LogP contribution in [0.25, 0.3) is 0 Å². The van der Waals surface area contributed by atoms with E-state index in [4.69, 9.17) is 4.74 Å². The van der Waals surface area contributed by atoms with Crippen molar-refractivity contribution in [2.45, 2.75) is 44.7 Å². The summed E-state index contributed by atoms with van der Waals surface area (Å²) >= 11 is 0. The minimum absolute atomic E-state index is 0.232. The van der Waals surface area contributed by atoms with Crippen LogP contribution in [-0.4, -0.2) is 12.6 Å². The van der Waals surface area contributed by atoms with Crippen molar-refractivity contribution in [3.05, 3.63) is 29.6 Å². The molecule has 0 bridgehead atoms. The van der Waals surface area contributed by atoms with E-state index < -0.39 is 0 Å². The Hall–Kier alpha value is -1.09. The zero-order valence-corrected chi connectivity index (χ0v) is 10.6. The summed E-state index contributed by atoms with van der Waals surface area (Å²) < 4.78 is 19.5. The molecule has 0 unspecified atom stereocenters. The highest BCUT2D eigenvalue weighted by Gasteiger charge is 2.22. The molecule has 1 N–H and O–H groups in total. The Morgan fingerprint density at radius 1 is 1.22 bits per heavy atom. The van der Waals surface area contributed by atoms with Crippen molar-refractivity contribution in [2.24, 2.45) is 5.92 Å². The number of nitrogens with one attached hydrogen (secondary N) is 1. The molecule has 0 heterocycles. The normalized spacial score (nSPS) is 19.6. The van der Waals surface area contributed by atoms with Gasteiger partial charge in [-0.3, -0.25) is 0 Å². The van der Waals surface area contributed by atoms with E-state index >= 15 is 0 Å². The van der Waals surface area contributed by atoms with Crippen molar-refractivity contribution in [2.75, 3.05) is 6.61 Å². The fourth-order valence-electron chi connectivity index (χ4n) is 2.26. The first-order chi connectivity index (χ1) is 8.83. The molecule has 1 aromatic carbocycles. The molecular formula is C15H20FNO. The Labute approximate surface area is 108 Å². The van der Waals surface area contributed by atoms with Gasteiger partial charge < -0.3 is 10.1 Å². The van der Waals surface area contributed by atoms with E-state index in [0.717, 1.165) is 5.56 Å². The second kappa shape index (κ2) is 5.27. The third-order valence-corrected chi connectivity index (χ3v) is 3.90. The Balaban J connectivity index is 1.63. The van der Waals surface area contributed by atoms with Crippen molar-refractivity contribution in [3.8, 4) is 5.75 Å². The van der Waals surface area contributed by atoms with E-state index in [1.165, 1.54) is 38.2 Å². The summed E-state index contributed by atoms with van der Waals surface area (Å²) in [6, 6.07) is 5.83. The fourth-order valence-corrected chi connectivity index (χ4v) is 2.26. The van der Waals surface area contributed by atoms with Crippen LogP contribution in [0.5, 0.6) is 5.75 Å². The molecule has 2 fully saturated rings. The minimum Gasteiger partial charge on any atom is -0.490 e. The third-order valence-electron chi connectivity index (χ3n) is 3.90. The number of para-hydroxylation sites is 1. The van der Waals surface area contributed by atoms with Gasteiger partial charge in [0, 0.05) is 18.2 Å². The Bertz CT molecular complexity index is 413. The van der Waals surface area contributed by atoms with Crippen LogP contribution in [0.4, 0.5) is 4.39 Å². The molecule has 0 radical (unpaired) electrons. The summed E-state index contributed by atoms with van der Waals surface area (Å²) in [4.78, 5) is 0. The van der Waals surface area contributed by atoms with Crippen LogP contribution in [0.1, 0.15) is 37.7 Å².